The second kappa shape index (κ2) is 18.6. The van der Waals surface area contributed by atoms with Gasteiger partial charge in [-0.2, -0.15) is 9.97 Å². The number of carbonyl (C=O) groups excluding carboxylic acids is 2. The number of ether oxygens (including phenoxy) is 4. The van der Waals surface area contributed by atoms with Gasteiger partial charge in [0, 0.05) is 38.2 Å². The third-order valence-corrected chi connectivity index (χ3v) is 8.64. The first-order valence-corrected chi connectivity index (χ1v) is 17.1. The number of hydrogen-bond acceptors (Lipinski definition) is 15. The highest BCUT2D eigenvalue weighted by molar-refractivity contribution is 6.03. The Morgan fingerprint density at radius 2 is 1.43 bits per heavy atom. The van der Waals surface area contributed by atoms with Gasteiger partial charge in [-0.3, -0.25) is 13.9 Å². The van der Waals surface area contributed by atoms with Crippen molar-refractivity contribution in [3.63, 3.8) is 0 Å². The van der Waals surface area contributed by atoms with Gasteiger partial charge in [-0.15, -0.1) is 0 Å². The monoisotopic (exact) mass is 749 g/mol. The molecule has 0 spiro atoms. The van der Waals surface area contributed by atoms with Gasteiger partial charge in [0.15, 0.2) is 18.6 Å². The van der Waals surface area contributed by atoms with E-state index in [4.69, 9.17) is 24.7 Å². The molecule has 2 aromatic heterocycles. The molecule has 4 heterocycles. The normalized spacial score (nSPS) is 24.7. The van der Waals surface area contributed by atoms with Crippen LogP contribution < -0.4 is 27.7 Å². The highest BCUT2D eigenvalue weighted by Gasteiger charge is 2.47. The number of methoxy groups -OCH3 is 1. The van der Waals surface area contributed by atoms with Crippen LogP contribution >= 0.6 is 0 Å². The summed E-state index contributed by atoms with van der Waals surface area (Å²) >= 11 is 0. The molecule has 2 fully saturated rings. The van der Waals surface area contributed by atoms with Gasteiger partial charge in [0.25, 0.3) is 5.91 Å². The Bertz CT molecular complexity index is 1960. The van der Waals surface area contributed by atoms with Crippen LogP contribution in [0.4, 0.5) is 11.6 Å². The molecule has 54 heavy (non-hydrogen) atoms. The number of benzene rings is 2. The topological polar surface area (TPSA) is 252 Å². The molecule has 2 aliphatic rings. The van der Waals surface area contributed by atoms with Gasteiger partial charge in [0.1, 0.15) is 36.1 Å². The lowest BCUT2D eigenvalue weighted by molar-refractivity contribution is -0.0517. The Hall–Kier alpha value is -5.34. The van der Waals surface area contributed by atoms with Crippen molar-refractivity contribution in [2.24, 2.45) is 0 Å². The Balaban J connectivity index is 0.000000230. The Morgan fingerprint density at radius 3 is 2.06 bits per heavy atom. The quantitative estimate of drug-likeness (QED) is 0.0828. The molecule has 0 bridgehead atoms. The second-order valence-corrected chi connectivity index (χ2v) is 12.3. The van der Waals surface area contributed by atoms with E-state index in [0.29, 0.717) is 37.2 Å². The van der Waals surface area contributed by atoms with Crippen LogP contribution in [0.15, 0.2) is 94.8 Å². The van der Waals surface area contributed by atoms with E-state index in [1.807, 2.05) is 6.92 Å². The largest absolute Gasteiger partial charge is 0.451 e. The van der Waals surface area contributed by atoms with Crippen LogP contribution in [0, 0.1) is 0 Å². The summed E-state index contributed by atoms with van der Waals surface area (Å²) in [5.74, 6) is -0.901. The van der Waals surface area contributed by atoms with Crippen molar-refractivity contribution in [3.05, 3.63) is 117 Å². The lowest BCUT2D eigenvalue weighted by Gasteiger charge is -2.22. The van der Waals surface area contributed by atoms with E-state index in [-0.39, 0.29) is 11.6 Å². The zero-order valence-corrected chi connectivity index (χ0v) is 29.5. The number of hydrogen-bond donors (Lipinski definition) is 6. The number of aliphatic hydroxyl groups excluding tert-OH is 3. The van der Waals surface area contributed by atoms with Crippen LogP contribution in [-0.4, -0.2) is 110 Å². The molecule has 6 rings (SSSR count). The van der Waals surface area contributed by atoms with Crippen molar-refractivity contribution >= 4 is 23.5 Å². The molecule has 8 atom stereocenters. The average molecular weight is 750 g/mol. The summed E-state index contributed by atoms with van der Waals surface area (Å²) in [6.07, 6.45) is -4.68. The van der Waals surface area contributed by atoms with Gasteiger partial charge in [-0.05, 0) is 42.8 Å². The molecule has 18 heteroatoms. The van der Waals surface area contributed by atoms with Crippen molar-refractivity contribution in [1.29, 1.82) is 0 Å². The summed E-state index contributed by atoms with van der Waals surface area (Å²) in [6.45, 7) is 3.26. The Kier molecular flexibility index (Phi) is 13.7. The van der Waals surface area contributed by atoms with E-state index in [2.05, 4.69) is 20.6 Å². The number of aromatic nitrogens is 4. The molecule has 2 saturated heterocycles. The van der Waals surface area contributed by atoms with E-state index in [0.717, 1.165) is 9.13 Å². The maximum absolute atomic E-state index is 12.7. The first-order valence-electron chi connectivity index (χ1n) is 17.1. The van der Waals surface area contributed by atoms with Crippen LogP contribution in [-0.2, 0) is 18.9 Å². The third-order valence-electron chi connectivity index (χ3n) is 8.64. The fourth-order valence-electron chi connectivity index (χ4n) is 5.79. The molecular weight excluding hydrogens is 706 g/mol. The molecule has 0 unspecified atom stereocenters. The van der Waals surface area contributed by atoms with Gasteiger partial charge in [0.2, 0.25) is 0 Å². The van der Waals surface area contributed by atoms with E-state index in [1.165, 1.54) is 24.5 Å². The van der Waals surface area contributed by atoms with Gasteiger partial charge < -0.3 is 50.6 Å². The summed E-state index contributed by atoms with van der Waals surface area (Å²) in [5, 5.41) is 36.3. The maximum Gasteiger partial charge on any atom is 0.351 e. The van der Waals surface area contributed by atoms with Gasteiger partial charge in [-0.25, -0.2) is 14.4 Å². The summed E-state index contributed by atoms with van der Waals surface area (Å²) in [4.78, 5) is 56.9. The predicted octanol–water partition coefficient (Wildman–Crippen LogP) is 0.0702. The summed E-state index contributed by atoms with van der Waals surface area (Å²) in [7, 11) is 1.59. The predicted molar refractivity (Wildman–Crippen MR) is 192 cm³/mol. The molecule has 0 aliphatic carbocycles. The van der Waals surface area contributed by atoms with Crippen LogP contribution in [0.3, 0.4) is 0 Å². The van der Waals surface area contributed by atoms with Crippen molar-refractivity contribution in [1.82, 2.24) is 24.4 Å². The lowest BCUT2D eigenvalue weighted by atomic mass is 10.1. The van der Waals surface area contributed by atoms with Crippen molar-refractivity contribution in [2.75, 3.05) is 37.9 Å². The number of anilines is 2. The van der Waals surface area contributed by atoms with E-state index in [1.54, 1.807) is 67.8 Å². The average Bonchev–Trinajstić information content (AvgIpc) is 3.64. The SMILES string of the molecule is CC[C@H]1O[C@@H](n2ccc(NC(=O)c3ccccc3)nc2=O)[C@@H](OC(=O)c2ccccc2)[C@@H]1O.COCCNC[C@H]1O[C@@H](n2ccc(N)nc2=O)[C@@H](O)[C@@H]1O. The molecule has 2 aliphatic heterocycles. The summed E-state index contributed by atoms with van der Waals surface area (Å²) in [5.41, 5.74) is 4.78. The minimum absolute atomic E-state index is 0.0634. The van der Waals surface area contributed by atoms with E-state index in [9.17, 15) is 34.5 Å². The highest BCUT2D eigenvalue weighted by atomic mass is 16.6. The summed E-state index contributed by atoms with van der Waals surface area (Å²) < 4.78 is 24.1. The van der Waals surface area contributed by atoms with Gasteiger partial charge >= 0.3 is 17.3 Å². The maximum atomic E-state index is 12.7. The van der Waals surface area contributed by atoms with E-state index < -0.39 is 72.3 Å². The first kappa shape index (κ1) is 39.9. The number of nitrogens with one attached hydrogen (secondary N) is 2. The highest BCUT2D eigenvalue weighted by Crippen LogP contribution is 2.33. The fraction of sp³-hybridized carbons (Fsp3) is 0.389. The van der Waals surface area contributed by atoms with Crippen molar-refractivity contribution in [2.45, 2.75) is 62.4 Å². The van der Waals surface area contributed by atoms with Crippen LogP contribution in [0.1, 0.15) is 46.5 Å². The molecule has 1 amide bonds. The number of aliphatic hydroxyl groups is 3. The van der Waals surface area contributed by atoms with Crippen LogP contribution in [0.25, 0.3) is 0 Å². The first-order chi connectivity index (χ1) is 26.0. The molecule has 7 N–H and O–H groups in total. The smallest absolute Gasteiger partial charge is 0.351 e. The molecule has 18 nitrogen and oxygen atoms in total. The van der Waals surface area contributed by atoms with Gasteiger partial charge in [-0.1, -0.05) is 43.3 Å². The van der Waals surface area contributed by atoms with Crippen LogP contribution in [0.2, 0.25) is 0 Å². The van der Waals surface area contributed by atoms with Gasteiger partial charge in [0.05, 0.1) is 18.3 Å². The standard InChI is InChI=1S/C24H23N3O6.C12H20N4O5/c1-2-17-19(28)20(33-23(30)16-11-7-4-8-12-16)22(32-17)27-14-13-18(26-24(27)31)25-21(29)15-9-5-3-6-10-15;1-20-5-3-14-6-7-9(17)10(18)11(21-7)16-4-2-8(13)15-12(16)19/h3-14,17,19-20,22,28H,2H2,1H3,(H,25,26,29,31);2,4,7,9-11,14,17-18H,3,5-6H2,1H3,(H2,13,15,19)/t17-,19-,20+,22-;7-,9-,10+,11-/m11/s1. The van der Waals surface area contributed by atoms with Crippen molar-refractivity contribution < 1.29 is 43.9 Å². The number of esters is 1. The second-order valence-electron chi connectivity index (χ2n) is 12.3. The molecule has 4 aromatic rings. The Labute approximate surface area is 309 Å². The fourth-order valence-corrected chi connectivity index (χ4v) is 5.79. The molecule has 0 saturated carbocycles. The number of amides is 1. The third kappa shape index (κ3) is 9.60. The number of nitrogens with two attached hydrogens (primary N) is 1. The molecule has 288 valence electrons. The number of rotatable bonds is 12. The minimum Gasteiger partial charge on any atom is -0.451 e. The lowest BCUT2D eigenvalue weighted by Crippen LogP contribution is -2.39. The van der Waals surface area contributed by atoms with E-state index >= 15 is 0 Å². The molecule has 2 aromatic carbocycles. The van der Waals surface area contributed by atoms with Crippen molar-refractivity contribution in [3.8, 4) is 0 Å². The zero-order chi connectivity index (χ0) is 38.8. The van der Waals surface area contributed by atoms with Crippen LogP contribution in [0.5, 0.6) is 0 Å². The zero-order valence-electron chi connectivity index (χ0n) is 29.5. The number of carbonyl (C=O) groups is 2. The molecular formula is C36H43N7O11. The summed E-state index contributed by atoms with van der Waals surface area (Å²) in [6, 6.07) is 19.7. The Morgan fingerprint density at radius 1 is 0.815 bits per heavy atom. The molecule has 0 radical (unpaired) electrons. The minimum atomic E-state index is -1.22. The number of nitrogens with zero attached hydrogens (tertiary/aromatic N) is 4. The number of nitrogen functional groups attached to an aromatic ring is 1.